The van der Waals surface area contributed by atoms with Crippen LogP contribution in [-0.4, -0.2) is 112 Å². The number of phosphoric acid groups is 3. The molecule has 2 aliphatic heterocycles. The van der Waals surface area contributed by atoms with E-state index in [4.69, 9.17) is 39.7 Å². The Balaban J connectivity index is 0.00000385. The Hall–Kier alpha value is -2.60. The number of nitrogens with zero attached hydrogens (tertiary/aromatic N) is 8. The number of carbonyl (C=O) groups excluding carboxylic acids is 1. The van der Waals surface area contributed by atoms with Crippen LogP contribution >= 0.6 is 23.5 Å². The maximum Gasteiger partial charge on any atom is 1.00 e. The summed E-state index contributed by atoms with van der Waals surface area (Å²) in [6.07, 6.45) is -14.3. The monoisotopic (exact) mass is 1120 g/mol. The average Bonchev–Trinajstić information content (AvgIpc) is 3.99. The minimum atomic E-state index is -6.55. The molecule has 0 amide bonds. The van der Waals surface area contributed by atoms with Crippen LogP contribution in [0, 0.1) is 15.5 Å². The first-order valence-electron chi connectivity index (χ1n) is 20.0. The number of nitro benzene ring substituents is 1. The number of nitrogen functional groups attached to an aromatic ring is 2. The quantitative estimate of drug-likeness (QED) is 0.0144. The molecule has 6 heterocycles. The molecule has 5 aromatic rings. The second-order valence-electron chi connectivity index (χ2n) is 16.4. The number of fused-ring (bicyclic) bond motifs is 2. The molecule has 382 valence electrons. The number of phosphoric ester groups is 2. The number of nitro groups is 1. The third kappa shape index (κ3) is 14.1. The number of H-pyrrole nitrogens is 1. The molecule has 73 heavy (non-hydrogen) atoms. The SMILES string of the molecule is COC1[C@@H](OC(=O)OC(c2ccccc2[N+](=O)[O-])C(C)(C)C)[C@@H](COP(=O)([O-])OP(=O)([O-])OP(=O)([O-])OC[C@H]2O[C@@H](n3cnc4c(=O)[nH]c(N)nc43)C(O)[C@H]2O)O[C@H]1[n+]1cn(C)c2c([O-])nc(N)nc21.[Na+].[Na+].[Na+]. The van der Waals surface area contributed by atoms with Crippen molar-refractivity contribution in [3.63, 3.8) is 0 Å². The van der Waals surface area contributed by atoms with Crippen LogP contribution in [0.3, 0.4) is 0 Å². The largest absolute Gasteiger partial charge is 1.00 e. The summed E-state index contributed by atoms with van der Waals surface area (Å²) in [6.45, 7) is 2.25. The molecule has 12 atom stereocenters. The van der Waals surface area contributed by atoms with Crippen LogP contribution in [0.15, 0.2) is 41.7 Å². The van der Waals surface area contributed by atoms with E-state index in [1.807, 2.05) is 0 Å². The molecule has 0 radical (unpaired) electrons. The Morgan fingerprint density at radius 2 is 1.58 bits per heavy atom. The summed E-state index contributed by atoms with van der Waals surface area (Å²) >= 11 is 0. The number of aromatic amines is 1. The fraction of sp³-hybridized carbons (Fsp3) is 0.500. The van der Waals surface area contributed by atoms with Crippen LogP contribution < -0.4 is 130 Å². The van der Waals surface area contributed by atoms with Gasteiger partial charge in [-0.3, -0.25) is 42.7 Å². The average molecular weight is 1120 g/mol. The molecule has 2 aliphatic rings. The maximum atomic E-state index is 13.7. The van der Waals surface area contributed by atoms with E-state index in [0.717, 1.165) is 18.0 Å². The molecule has 7 N–H and O–H groups in total. The van der Waals surface area contributed by atoms with Crippen molar-refractivity contribution in [2.24, 2.45) is 12.5 Å². The van der Waals surface area contributed by atoms with Crippen LogP contribution in [0.4, 0.5) is 22.4 Å². The molecule has 1 aromatic carbocycles. The standard InChI is InChI=1S/C34H44N11O22P3.3Na/c1-34(2,3)24(14-8-6-7-9-15(14)45(51)52)65-33(50)64-22-17(63-30(23(22)59-5)44-13-42(4)19-26(44)39-32(36)41-28(19)49)11-61-69(55,56)67-70(57,58)66-68(53,54)60-10-16-20(46)21(47)29(62-16)43-12-37-18-25(43)38-31(35)40-27(18)48;;;/h6-9,12-13,16-17,20-24,29-30,46-47H,10-11H2,1-5H3,(H8-,35,36,38,39,40,41,48,49,53,54,55,56,57,58);;;/q;3*+1/p-3/t16-,17-,20+,21?,22+,23?,24?,29-,30-;;;/m1.../s1. The minimum Gasteiger partial charge on any atom is -0.856 e. The van der Waals surface area contributed by atoms with Gasteiger partial charge in [-0.2, -0.15) is 4.98 Å². The van der Waals surface area contributed by atoms with Gasteiger partial charge in [0.2, 0.25) is 12.2 Å². The van der Waals surface area contributed by atoms with Gasteiger partial charge < -0.3 is 74.2 Å². The Morgan fingerprint density at radius 3 is 2.18 bits per heavy atom. The number of nitrogens with two attached hydrogens (primary N) is 2. The minimum absolute atomic E-state index is 0. The van der Waals surface area contributed by atoms with E-state index >= 15 is 0 Å². The second kappa shape index (κ2) is 24.4. The Bertz CT molecular complexity index is 3040. The molecule has 7 rings (SSSR count). The van der Waals surface area contributed by atoms with Gasteiger partial charge in [0, 0.05) is 24.5 Å². The van der Waals surface area contributed by atoms with E-state index in [0.29, 0.717) is 0 Å². The van der Waals surface area contributed by atoms with Crippen molar-refractivity contribution in [2.45, 2.75) is 76.0 Å². The number of para-hydroxylation sites is 1. The van der Waals surface area contributed by atoms with Crippen molar-refractivity contribution in [2.75, 3.05) is 31.8 Å². The number of benzene rings is 1. The second-order valence-corrected chi connectivity index (χ2v) is 20.9. The summed E-state index contributed by atoms with van der Waals surface area (Å²) < 4.78 is 87.4. The fourth-order valence-corrected chi connectivity index (χ4v) is 10.9. The normalized spacial score (nSPS) is 24.8. The molecule has 0 saturated carbocycles. The van der Waals surface area contributed by atoms with Gasteiger partial charge in [-0.1, -0.05) is 37.9 Å². The maximum absolute atomic E-state index is 13.7. The summed E-state index contributed by atoms with van der Waals surface area (Å²) in [5, 5.41) is 45.9. The number of hydrogen-bond donors (Lipinski definition) is 5. The van der Waals surface area contributed by atoms with Gasteiger partial charge >= 0.3 is 100 Å². The molecule has 2 saturated heterocycles. The molecule has 6 unspecified atom stereocenters. The van der Waals surface area contributed by atoms with Gasteiger partial charge in [-0.25, -0.2) is 28.0 Å². The molecule has 39 heteroatoms. The summed E-state index contributed by atoms with van der Waals surface area (Å²) in [5.74, 6) is -1.64. The van der Waals surface area contributed by atoms with E-state index in [1.165, 1.54) is 46.8 Å². The number of imidazole rings is 2. The van der Waals surface area contributed by atoms with Crippen molar-refractivity contribution in [1.29, 1.82) is 0 Å². The number of aryl methyl sites for hydroxylation is 1. The molecule has 0 spiro atoms. The van der Waals surface area contributed by atoms with Gasteiger partial charge in [-0.05, 0) is 6.07 Å². The van der Waals surface area contributed by atoms with E-state index in [2.05, 4.69) is 38.1 Å². The van der Waals surface area contributed by atoms with E-state index in [1.54, 1.807) is 20.8 Å². The predicted molar refractivity (Wildman–Crippen MR) is 219 cm³/mol. The first-order valence-corrected chi connectivity index (χ1v) is 24.4. The number of rotatable bonds is 17. The number of hydrogen-bond acceptors (Lipinski definition) is 28. The molecular formula is C34H41N11Na3O22P3. The number of aliphatic hydroxyl groups excluding tert-OH is 2. The van der Waals surface area contributed by atoms with Crippen LogP contribution in [0.1, 0.15) is 44.9 Å². The zero-order valence-electron chi connectivity index (χ0n) is 39.7. The van der Waals surface area contributed by atoms with E-state index < -0.39 is 131 Å². The number of methoxy groups -OCH3 is 1. The number of ether oxygens (including phenoxy) is 5. The molecule has 4 aromatic heterocycles. The Morgan fingerprint density at radius 1 is 0.959 bits per heavy atom. The van der Waals surface area contributed by atoms with Crippen LogP contribution in [0.2, 0.25) is 0 Å². The summed E-state index contributed by atoms with van der Waals surface area (Å²) in [5.41, 5.74) is 8.38. The Kier molecular flexibility index (Phi) is 21.0. The predicted octanol–water partition coefficient (Wildman–Crippen LogP) is -11.1. The zero-order valence-corrected chi connectivity index (χ0v) is 48.4. The van der Waals surface area contributed by atoms with Crippen LogP contribution in [0.25, 0.3) is 22.3 Å². The third-order valence-corrected chi connectivity index (χ3v) is 14.6. The zero-order chi connectivity index (χ0) is 51.4. The number of aromatic nitrogens is 8. The molecule has 0 aliphatic carbocycles. The van der Waals surface area contributed by atoms with Gasteiger partial charge in [-0.15, -0.1) is 0 Å². The van der Waals surface area contributed by atoms with Crippen molar-refractivity contribution < 1.29 is 188 Å². The first-order chi connectivity index (χ1) is 32.6. The Labute approximate surface area is 476 Å². The van der Waals surface area contributed by atoms with Crippen LogP contribution in [-0.2, 0) is 62.1 Å². The third-order valence-electron chi connectivity index (χ3n) is 10.5. The summed E-state index contributed by atoms with van der Waals surface area (Å²) in [6, 6.07) is 5.39. The number of nitrogens with one attached hydrogen (secondary N) is 1. The topological polar surface area (TPSA) is 477 Å². The van der Waals surface area contributed by atoms with E-state index in [-0.39, 0.29) is 123 Å². The van der Waals surface area contributed by atoms with Crippen LogP contribution in [0.5, 0.6) is 5.88 Å². The van der Waals surface area contributed by atoms with Gasteiger partial charge in [0.25, 0.3) is 40.7 Å². The number of carbonyl (C=O) groups is 1. The molecular weight excluding hydrogens is 1080 g/mol. The molecule has 33 nitrogen and oxygen atoms in total. The first kappa shape index (κ1) is 62.9. The van der Waals surface area contributed by atoms with Crippen molar-refractivity contribution in [3.8, 4) is 5.88 Å². The number of aliphatic hydroxyl groups is 2. The van der Waals surface area contributed by atoms with E-state index in [9.17, 15) is 63.4 Å². The van der Waals surface area contributed by atoms with Gasteiger partial charge in [0.15, 0.2) is 41.4 Å². The summed E-state index contributed by atoms with van der Waals surface area (Å²) in [4.78, 5) is 93.1. The molecule has 2 fully saturated rings. The molecule has 0 bridgehead atoms. The summed E-state index contributed by atoms with van der Waals surface area (Å²) in [7, 11) is -16.4. The van der Waals surface area contributed by atoms with Gasteiger partial charge in [0.05, 0.1) is 37.1 Å². The van der Waals surface area contributed by atoms with Crippen molar-refractivity contribution >= 4 is 69.5 Å². The smallest absolute Gasteiger partial charge is 0.856 e. The number of anilines is 2. The fourth-order valence-electron chi connectivity index (χ4n) is 7.55. The van der Waals surface area contributed by atoms with Crippen molar-refractivity contribution in [1.82, 2.24) is 34.1 Å². The van der Waals surface area contributed by atoms with Gasteiger partial charge in [0.1, 0.15) is 30.5 Å². The van der Waals surface area contributed by atoms with Crippen molar-refractivity contribution in [3.05, 3.63) is 63.0 Å².